The molecular formula is C16H19N3O5. The number of likely N-dealkylation sites (N-methyl/N-ethyl adjacent to an activating group) is 1. The Morgan fingerprint density at radius 3 is 2.79 bits per heavy atom. The highest BCUT2D eigenvalue weighted by Gasteiger charge is 2.52. The molecule has 2 heterocycles. The molecule has 0 bridgehead atoms. The Morgan fingerprint density at radius 1 is 1.38 bits per heavy atom. The van der Waals surface area contributed by atoms with Crippen molar-refractivity contribution in [2.45, 2.75) is 32.4 Å². The minimum absolute atomic E-state index is 0.121. The number of amides is 4. The second-order valence-corrected chi connectivity index (χ2v) is 5.87. The lowest BCUT2D eigenvalue weighted by Gasteiger charge is -2.24. The van der Waals surface area contributed by atoms with Gasteiger partial charge in [0.25, 0.3) is 5.91 Å². The van der Waals surface area contributed by atoms with E-state index < -0.39 is 23.5 Å². The van der Waals surface area contributed by atoms with Crippen LogP contribution in [0, 0.1) is 0 Å². The molecule has 2 N–H and O–H groups in total. The third-order valence-corrected chi connectivity index (χ3v) is 4.29. The first kappa shape index (κ1) is 16.1. The standard InChI is InChI=1S/C16H19N3O5/c1-4-17-13(20)9(2)19-14(21)16(3,18-15(19)22)10-5-6-11-12(7-10)24-8-23-11/h5-7,9H,4,8H2,1-3H3,(H,17,20)(H,18,22)/t9-,16+/m0/s1. The van der Waals surface area contributed by atoms with Gasteiger partial charge in [0, 0.05) is 6.54 Å². The predicted molar refractivity (Wildman–Crippen MR) is 83.4 cm³/mol. The number of carbonyl (C=O) groups is 3. The lowest BCUT2D eigenvalue weighted by Crippen LogP contribution is -2.49. The van der Waals surface area contributed by atoms with Crippen LogP contribution in [0.1, 0.15) is 26.3 Å². The smallest absolute Gasteiger partial charge is 0.326 e. The van der Waals surface area contributed by atoms with Gasteiger partial charge in [0.1, 0.15) is 11.6 Å². The van der Waals surface area contributed by atoms with E-state index in [1.54, 1.807) is 32.0 Å². The first-order valence-corrected chi connectivity index (χ1v) is 7.72. The van der Waals surface area contributed by atoms with Crippen LogP contribution in [0.2, 0.25) is 0 Å². The van der Waals surface area contributed by atoms with Crippen molar-refractivity contribution in [1.82, 2.24) is 15.5 Å². The van der Waals surface area contributed by atoms with E-state index >= 15 is 0 Å². The van der Waals surface area contributed by atoms with Crippen molar-refractivity contribution >= 4 is 17.8 Å². The van der Waals surface area contributed by atoms with Crippen LogP contribution in [0.4, 0.5) is 4.79 Å². The molecule has 1 saturated heterocycles. The molecule has 2 aliphatic heterocycles. The quantitative estimate of drug-likeness (QED) is 0.791. The lowest BCUT2D eigenvalue weighted by molar-refractivity contribution is -0.137. The number of nitrogens with zero attached hydrogens (tertiary/aromatic N) is 1. The van der Waals surface area contributed by atoms with Gasteiger partial charge in [0.15, 0.2) is 11.5 Å². The zero-order valence-electron chi connectivity index (χ0n) is 13.7. The van der Waals surface area contributed by atoms with Gasteiger partial charge < -0.3 is 20.1 Å². The number of hydrogen-bond acceptors (Lipinski definition) is 5. The lowest BCUT2D eigenvalue weighted by atomic mass is 9.91. The third-order valence-electron chi connectivity index (χ3n) is 4.29. The maximum atomic E-state index is 12.9. The highest BCUT2D eigenvalue weighted by atomic mass is 16.7. The summed E-state index contributed by atoms with van der Waals surface area (Å²) >= 11 is 0. The highest BCUT2D eigenvalue weighted by Crippen LogP contribution is 2.38. The van der Waals surface area contributed by atoms with Gasteiger partial charge in [-0.05, 0) is 38.5 Å². The van der Waals surface area contributed by atoms with E-state index in [9.17, 15) is 14.4 Å². The van der Waals surface area contributed by atoms with E-state index in [0.29, 0.717) is 23.6 Å². The van der Waals surface area contributed by atoms with E-state index in [-0.39, 0.29) is 12.7 Å². The second kappa shape index (κ2) is 5.70. The molecule has 1 aromatic rings. The SMILES string of the molecule is CCNC(=O)[C@H](C)N1C(=O)N[C@](C)(c2ccc3c(c2)OCO3)C1=O. The normalized spacial score (nSPS) is 23.2. The summed E-state index contributed by atoms with van der Waals surface area (Å²) in [7, 11) is 0. The van der Waals surface area contributed by atoms with Crippen LogP contribution in [0.5, 0.6) is 11.5 Å². The molecule has 4 amide bonds. The molecular weight excluding hydrogens is 314 g/mol. The number of imide groups is 1. The van der Waals surface area contributed by atoms with E-state index in [2.05, 4.69) is 10.6 Å². The van der Waals surface area contributed by atoms with Crippen molar-refractivity contribution in [3.05, 3.63) is 23.8 Å². The number of nitrogens with one attached hydrogen (secondary N) is 2. The first-order valence-electron chi connectivity index (χ1n) is 7.72. The maximum Gasteiger partial charge on any atom is 0.326 e. The number of benzene rings is 1. The Hall–Kier alpha value is -2.77. The molecule has 24 heavy (non-hydrogen) atoms. The van der Waals surface area contributed by atoms with E-state index in [0.717, 1.165) is 4.90 Å². The van der Waals surface area contributed by atoms with Crippen LogP contribution in [-0.4, -0.2) is 42.1 Å². The van der Waals surface area contributed by atoms with E-state index in [1.807, 2.05) is 0 Å². The Kier molecular flexibility index (Phi) is 3.82. The van der Waals surface area contributed by atoms with Crippen molar-refractivity contribution in [2.75, 3.05) is 13.3 Å². The average molecular weight is 333 g/mol. The molecule has 0 unspecified atom stereocenters. The van der Waals surface area contributed by atoms with Crippen molar-refractivity contribution in [3.63, 3.8) is 0 Å². The van der Waals surface area contributed by atoms with Crippen molar-refractivity contribution in [3.8, 4) is 11.5 Å². The van der Waals surface area contributed by atoms with Gasteiger partial charge in [-0.3, -0.25) is 9.59 Å². The highest BCUT2D eigenvalue weighted by molar-refractivity contribution is 6.10. The maximum absolute atomic E-state index is 12.9. The van der Waals surface area contributed by atoms with Gasteiger partial charge in [-0.15, -0.1) is 0 Å². The number of hydrogen-bond donors (Lipinski definition) is 2. The van der Waals surface area contributed by atoms with Crippen LogP contribution in [0.25, 0.3) is 0 Å². The fraction of sp³-hybridized carbons (Fsp3) is 0.438. The fourth-order valence-electron chi connectivity index (χ4n) is 2.85. The summed E-state index contributed by atoms with van der Waals surface area (Å²) in [6.45, 7) is 5.44. The summed E-state index contributed by atoms with van der Waals surface area (Å²) in [4.78, 5) is 38.1. The molecule has 0 aromatic heterocycles. The molecule has 2 atom stereocenters. The van der Waals surface area contributed by atoms with E-state index in [4.69, 9.17) is 9.47 Å². The first-order chi connectivity index (χ1) is 11.4. The summed E-state index contributed by atoms with van der Waals surface area (Å²) in [6, 6.07) is 3.57. The molecule has 2 aliphatic rings. The van der Waals surface area contributed by atoms with Crippen LogP contribution < -0.4 is 20.1 Å². The molecule has 128 valence electrons. The Bertz CT molecular complexity index is 720. The molecule has 0 radical (unpaired) electrons. The molecule has 8 heteroatoms. The molecule has 3 rings (SSSR count). The third kappa shape index (κ3) is 2.34. The molecule has 0 saturated carbocycles. The summed E-state index contributed by atoms with van der Waals surface area (Å²) in [5.41, 5.74) is -0.700. The van der Waals surface area contributed by atoms with Crippen molar-refractivity contribution in [1.29, 1.82) is 0 Å². The predicted octanol–water partition coefficient (Wildman–Crippen LogP) is 0.707. The molecule has 1 aromatic carbocycles. The monoisotopic (exact) mass is 333 g/mol. The summed E-state index contributed by atoms with van der Waals surface area (Å²) in [6.07, 6.45) is 0. The van der Waals surface area contributed by atoms with E-state index in [1.165, 1.54) is 6.92 Å². The van der Waals surface area contributed by atoms with Crippen LogP contribution in [-0.2, 0) is 15.1 Å². The zero-order chi connectivity index (χ0) is 17.5. The number of carbonyl (C=O) groups excluding carboxylic acids is 3. The summed E-state index contributed by atoms with van der Waals surface area (Å²) in [5, 5.41) is 5.29. The van der Waals surface area contributed by atoms with Gasteiger partial charge in [-0.1, -0.05) is 6.07 Å². The molecule has 1 fully saturated rings. The number of rotatable bonds is 4. The Balaban J connectivity index is 1.91. The Morgan fingerprint density at radius 2 is 2.08 bits per heavy atom. The molecule has 0 aliphatic carbocycles. The minimum atomic E-state index is -1.27. The van der Waals surface area contributed by atoms with Gasteiger partial charge in [-0.2, -0.15) is 0 Å². The average Bonchev–Trinajstić information content (AvgIpc) is 3.10. The number of fused-ring (bicyclic) bond motifs is 1. The van der Waals surface area contributed by atoms with Gasteiger partial charge in [0.2, 0.25) is 12.7 Å². The van der Waals surface area contributed by atoms with Gasteiger partial charge in [-0.25, -0.2) is 9.69 Å². The summed E-state index contributed by atoms with van der Waals surface area (Å²) < 4.78 is 10.6. The largest absolute Gasteiger partial charge is 0.454 e. The minimum Gasteiger partial charge on any atom is -0.454 e. The summed E-state index contributed by atoms with van der Waals surface area (Å²) in [5.74, 6) is 0.249. The van der Waals surface area contributed by atoms with Crippen LogP contribution in [0.3, 0.4) is 0 Å². The zero-order valence-corrected chi connectivity index (χ0v) is 13.7. The molecule has 0 spiro atoms. The van der Waals surface area contributed by atoms with Crippen LogP contribution in [0.15, 0.2) is 18.2 Å². The van der Waals surface area contributed by atoms with Gasteiger partial charge >= 0.3 is 6.03 Å². The van der Waals surface area contributed by atoms with Gasteiger partial charge in [0.05, 0.1) is 0 Å². The topological polar surface area (TPSA) is 97.0 Å². The fourth-order valence-corrected chi connectivity index (χ4v) is 2.85. The van der Waals surface area contributed by atoms with Crippen molar-refractivity contribution < 1.29 is 23.9 Å². The van der Waals surface area contributed by atoms with Crippen LogP contribution >= 0.6 is 0 Å². The van der Waals surface area contributed by atoms with Crippen molar-refractivity contribution in [2.24, 2.45) is 0 Å². The second-order valence-electron chi connectivity index (χ2n) is 5.87. The molecule has 8 nitrogen and oxygen atoms in total. The number of urea groups is 1. The number of ether oxygens (including phenoxy) is 2. The Labute approximate surface area is 139 Å².